The van der Waals surface area contributed by atoms with E-state index in [2.05, 4.69) is 41.5 Å². The van der Waals surface area contributed by atoms with E-state index >= 15 is 0 Å². The van der Waals surface area contributed by atoms with Crippen LogP contribution in [0.5, 0.6) is 0 Å². The van der Waals surface area contributed by atoms with Crippen molar-refractivity contribution in [3.63, 3.8) is 0 Å². The van der Waals surface area contributed by atoms with Crippen molar-refractivity contribution >= 4 is 48.9 Å². The van der Waals surface area contributed by atoms with Crippen LogP contribution < -0.4 is 10.2 Å². The van der Waals surface area contributed by atoms with Crippen LogP contribution in [0.15, 0.2) is 0 Å². The van der Waals surface area contributed by atoms with Crippen LogP contribution in [0.4, 0.5) is 0 Å². The van der Waals surface area contributed by atoms with E-state index in [1.165, 1.54) is 46.2 Å². The molecule has 8 aliphatic carbocycles. The van der Waals surface area contributed by atoms with Crippen LogP contribution in [-0.2, 0) is 47.7 Å². The molecule has 0 N–H and O–H groups in total. The summed E-state index contributed by atoms with van der Waals surface area (Å²) in [6, 6.07) is 0. The Morgan fingerprint density at radius 2 is 0.769 bits per heavy atom. The molecule has 200 valence electrons. The van der Waals surface area contributed by atoms with E-state index in [9.17, 15) is 10.2 Å². The third kappa shape index (κ3) is 2.50. The second-order valence-corrected chi connectivity index (χ2v) is 15.7. The van der Waals surface area contributed by atoms with E-state index in [1.807, 2.05) is 13.8 Å². The van der Waals surface area contributed by atoms with Gasteiger partial charge in [-0.1, -0.05) is 77.7 Å². The van der Waals surface area contributed by atoms with E-state index in [4.69, 9.17) is 0 Å². The van der Waals surface area contributed by atoms with Crippen molar-refractivity contribution in [3.05, 3.63) is 66.8 Å². The van der Waals surface area contributed by atoms with Gasteiger partial charge >= 0.3 is 48.9 Å². The smallest absolute Gasteiger partial charge is 0.846 e. The molecule has 0 aliphatic heterocycles. The summed E-state index contributed by atoms with van der Waals surface area (Å²) < 4.78 is 0. The van der Waals surface area contributed by atoms with Crippen LogP contribution in [0.25, 0.3) is 0 Å². The van der Waals surface area contributed by atoms with Crippen molar-refractivity contribution in [1.29, 1.82) is 0 Å². The molecule has 2 aromatic rings. The summed E-state index contributed by atoms with van der Waals surface area (Å²) in [4.78, 5) is 0. The molecule has 2 fully saturated rings. The first-order chi connectivity index (χ1) is 17.8. The summed E-state index contributed by atoms with van der Waals surface area (Å²) in [6.07, 6.45) is 7.09. The van der Waals surface area contributed by atoms with Crippen molar-refractivity contribution in [2.45, 2.75) is 140 Å². The monoisotopic (exact) mass is 644 g/mol. The molecule has 3 heteroatoms. The zero-order valence-electron chi connectivity index (χ0n) is 25.2. The van der Waals surface area contributed by atoms with Crippen LogP contribution in [0.3, 0.4) is 0 Å². The Labute approximate surface area is 274 Å². The van der Waals surface area contributed by atoms with E-state index in [-0.39, 0.29) is 59.7 Å². The van der Waals surface area contributed by atoms with Gasteiger partial charge in [-0.2, -0.15) is 0 Å². The predicted molar refractivity (Wildman–Crippen MR) is 153 cm³/mol. The van der Waals surface area contributed by atoms with Crippen molar-refractivity contribution in [2.75, 3.05) is 0 Å². The SMILES string of the molecule is CC1Cc2c1c1c(c3c2C(C)([O-])C32CC2C)C(C)C1.CC1Cc2c1c1c(c3c2C(C)([O-])C32CC2C)C(C)C1.[Ba+2]. The third-order valence-corrected chi connectivity index (χ3v) is 13.8. The number of hydrogen-bond donors (Lipinski definition) is 0. The maximum absolute atomic E-state index is 13.2. The molecular weight excluding hydrogens is 602 g/mol. The standard InChI is InChI=1S/2C18H21O.Ba/c2*1-8-6-12-13(8)11-5-9(2)14(11)16-15(12)17(4,19)18(16)7-10(18)3;/h2*8-10H,5-7H2,1-4H3;/q2*-1;+2. The summed E-state index contributed by atoms with van der Waals surface area (Å²) in [5, 5.41) is 26.4. The van der Waals surface area contributed by atoms with Crippen LogP contribution in [0.1, 0.15) is 159 Å². The molecule has 0 aromatic heterocycles. The van der Waals surface area contributed by atoms with Gasteiger partial charge < -0.3 is 10.2 Å². The van der Waals surface area contributed by atoms with Gasteiger partial charge in [0.25, 0.3) is 0 Å². The van der Waals surface area contributed by atoms with Gasteiger partial charge in [0.2, 0.25) is 0 Å². The topological polar surface area (TPSA) is 46.1 Å². The Hall–Kier alpha value is -0.0686. The molecule has 0 radical (unpaired) electrons. The third-order valence-electron chi connectivity index (χ3n) is 13.8. The Bertz CT molecular complexity index is 1430. The summed E-state index contributed by atoms with van der Waals surface area (Å²) in [5.41, 5.74) is 16.6. The van der Waals surface area contributed by atoms with Gasteiger partial charge in [0.05, 0.1) is 0 Å². The molecule has 10 atom stereocenters. The maximum Gasteiger partial charge on any atom is 2.00 e. The molecule has 2 aromatic carbocycles. The molecular formula is C36H42BaO2. The normalized spacial score (nSPS) is 46.3. The van der Waals surface area contributed by atoms with Gasteiger partial charge in [0, 0.05) is 0 Å². The average molecular weight is 644 g/mol. The maximum atomic E-state index is 13.2. The van der Waals surface area contributed by atoms with E-state index in [1.54, 1.807) is 33.4 Å². The number of benzene rings is 2. The fourth-order valence-electron chi connectivity index (χ4n) is 11.7. The van der Waals surface area contributed by atoms with Crippen LogP contribution in [0, 0.1) is 11.8 Å². The largest absolute Gasteiger partial charge is 2.00 e. The summed E-state index contributed by atoms with van der Waals surface area (Å²) in [5.74, 6) is 4.01. The Morgan fingerprint density at radius 3 is 1.03 bits per heavy atom. The molecule has 0 amide bonds. The van der Waals surface area contributed by atoms with Crippen molar-refractivity contribution < 1.29 is 10.2 Å². The zero-order chi connectivity index (χ0) is 26.6. The minimum Gasteiger partial charge on any atom is -0.846 e. The first-order valence-corrected chi connectivity index (χ1v) is 15.7. The van der Waals surface area contributed by atoms with E-state index < -0.39 is 11.2 Å². The molecule has 39 heavy (non-hydrogen) atoms. The molecule has 0 bridgehead atoms. The van der Waals surface area contributed by atoms with Crippen LogP contribution in [0.2, 0.25) is 0 Å². The minimum atomic E-state index is -0.795. The Morgan fingerprint density at radius 1 is 0.487 bits per heavy atom. The Kier molecular flexibility index (Phi) is 5.00. The first-order valence-electron chi connectivity index (χ1n) is 15.7. The number of hydrogen-bond acceptors (Lipinski definition) is 2. The van der Waals surface area contributed by atoms with Crippen LogP contribution >= 0.6 is 0 Å². The molecule has 10 unspecified atom stereocenters. The molecule has 0 heterocycles. The average Bonchev–Trinajstić information content (AvgIpc) is 3.71. The molecule has 0 saturated heterocycles. The van der Waals surface area contributed by atoms with Gasteiger partial charge in [-0.15, -0.1) is 0 Å². The van der Waals surface area contributed by atoms with Crippen molar-refractivity contribution in [3.8, 4) is 0 Å². The molecule has 8 aliphatic rings. The van der Waals surface area contributed by atoms with Gasteiger partial charge in [-0.25, -0.2) is 0 Å². The van der Waals surface area contributed by atoms with Crippen molar-refractivity contribution in [1.82, 2.24) is 0 Å². The zero-order valence-corrected chi connectivity index (χ0v) is 29.7. The van der Waals surface area contributed by atoms with Gasteiger partial charge in [-0.3, -0.25) is 0 Å². The van der Waals surface area contributed by atoms with Gasteiger partial charge in [-0.05, 0) is 140 Å². The van der Waals surface area contributed by atoms with Crippen LogP contribution in [-0.4, -0.2) is 48.9 Å². The first kappa shape index (κ1) is 26.6. The van der Waals surface area contributed by atoms with Gasteiger partial charge in [0.1, 0.15) is 0 Å². The minimum absolute atomic E-state index is 0. The number of fused-ring (bicyclic) bond motifs is 14. The molecule has 2 nitrogen and oxygen atoms in total. The van der Waals surface area contributed by atoms with Crippen molar-refractivity contribution in [2.24, 2.45) is 11.8 Å². The summed E-state index contributed by atoms with van der Waals surface area (Å²) >= 11 is 0. The van der Waals surface area contributed by atoms with E-state index in [0.29, 0.717) is 35.5 Å². The fraction of sp³-hybridized carbons (Fsp3) is 0.667. The number of rotatable bonds is 0. The molecule has 10 rings (SSSR count). The summed E-state index contributed by atoms with van der Waals surface area (Å²) in [6.45, 7) is 17.8. The van der Waals surface area contributed by atoms with Gasteiger partial charge in [0.15, 0.2) is 0 Å². The summed E-state index contributed by atoms with van der Waals surface area (Å²) in [7, 11) is 0. The molecule has 2 spiro atoms. The second-order valence-electron chi connectivity index (χ2n) is 15.7. The second kappa shape index (κ2) is 7.34. The molecule has 2 saturated carbocycles. The Balaban J connectivity index is 0.000000118. The quantitative estimate of drug-likeness (QED) is 0.363. The van der Waals surface area contributed by atoms with E-state index in [0.717, 1.165) is 25.7 Å². The predicted octanol–water partition coefficient (Wildman–Crippen LogP) is 5.36. The fourth-order valence-corrected chi connectivity index (χ4v) is 11.7.